The number of nitrogen functional groups attached to an aromatic ring is 1. The van der Waals surface area contributed by atoms with Gasteiger partial charge in [0.15, 0.2) is 11.5 Å². The molecule has 0 fully saturated rings. The highest BCUT2D eigenvalue weighted by atomic mass is 35.5. The predicted octanol–water partition coefficient (Wildman–Crippen LogP) is 3.13. The van der Waals surface area contributed by atoms with Gasteiger partial charge in [0.05, 0.1) is 40.5 Å². The molecule has 1 atom stereocenters. The number of carboxylic acids is 1. The Hall–Kier alpha value is -4.66. The summed E-state index contributed by atoms with van der Waals surface area (Å²) in [4.78, 5) is 30.4. The number of hydrogen-bond acceptors (Lipinski definition) is 7. The van der Waals surface area contributed by atoms with Gasteiger partial charge in [-0.15, -0.1) is 5.10 Å². The average molecular weight is 536 g/mol. The zero-order chi connectivity index (χ0) is 26.9. The van der Waals surface area contributed by atoms with E-state index in [1.165, 1.54) is 4.52 Å². The van der Waals surface area contributed by atoms with Gasteiger partial charge in [0.25, 0.3) is 5.91 Å². The highest BCUT2D eigenvalue weighted by molar-refractivity contribution is 6.34. The summed E-state index contributed by atoms with van der Waals surface area (Å²) < 4.78 is 35.1. The number of carboxylic acid groups (broad SMARTS) is 1. The SMILES string of the molecule is CC(NC(=O)c1c(N)nn2cccnc12)c1cc(Cl)c2cncn2c1-c1ccn[nH]1.O=C(O)C(F)(F)F. The summed E-state index contributed by atoms with van der Waals surface area (Å²) >= 11 is 6.48. The summed E-state index contributed by atoms with van der Waals surface area (Å²) in [5.74, 6) is -3.03. The second kappa shape index (κ2) is 9.77. The van der Waals surface area contributed by atoms with Crippen LogP contribution in [0.2, 0.25) is 5.02 Å². The van der Waals surface area contributed by atoms with E-state index < -0.39 is 18.2 Å². The maximum absolute atomic E-state index is 13.1. The van der Waals surface area contributed by atoms with Crippen LogP contribution in [0, 0.1) is 0 Å². The van der Waals surface area contributed by atoms with Gasteiger partial charge >= 0.3 is 12.1 Å². The van der Waals surface area contributed by atoms with Crippen molar-refractivity contribution >= 4 is 40.5 Å². The molecule has 16 heteroatoms. The molecule has 192 valence electrons. The second-order valence-corrected chi connectivity index (χ2v) is 7.97. The van der Waals surface area contributed by atoms with Crippen LogP contribution in [0.5, 0.6) is 0 Å². The van der Waals surface area contributed by atoms with Crippen molar-refractivity contribution in [1.29, 1.82) is 0 Å². The normalized spacial score (nSPS) is 12.2. The Morgan fingerprint density at radius 2 is 2.03 bits per heavy atom. The number of aromatic amines is 1. The van der Waals surface area contributed by atoms with E-state index in [1.54, 1.807) is 37.2 Å². The summed E-state index contributed by atoms with van der Waals surface area (Å²) in [6.45, 7) is 1.86. The van der Waals surface area contributed by atoms with Crippen molar-refractivity contribution in [2.75, 3.05) is 5.73 Å². The Bertz CT molecular complexity index is 1600. The number of H-pyrrole nitrogens is 1. The summed E-state index contributed by atoms with van der Waals surface area (Å²) in [7, 11) is 0. The molecule has 0 aliphatic carbocycles. The first-order valence-electron chi connectivity index (χ1n) is 10.3. The number of aromatic nitrogens is 7. The number of carbonyl (C=O) groups is 2. The molecule has 37 heavy (non-hydrogen) atoms. The van der Waals surface area contributed by atoms with Crippen LogP contribution in [-0.4, -0.2) is 57.3 Å². The number of imidazole rings is 1. The fourth-order valence-electron chi connectivity index (χ4n) is 3.54. The quantitative estimate of drug-likeness (QED) is 0.272. The van der Waals surface area contributed by atoms with Crippen LogP contribution in [-0.2, 0) is 4.79 Å². The van der Waals surface area contributed by atoms with Gasteiger partial charge < -0.3 is 16.2 Å². The topological polar surface area (TPSA) is 169 Å². The van der Waals surface area contributed by atoms with Gasteiger partial charge in [0.1, 0.15) is 5.56 Å². The number of halogens is 4. The van der Waals surface area contributed by atoms with E-state index in [0.29, 0.717) is 10.7 Å². The number of nitrogens with two attached hydrogens (primary N) is 1. The molecule has 0 bridgehead atoms. The van der Waals surface area contributed by atoms with Crippen molar-refractivity contribution in [1.82, 2.24) is 39.5 Å². The Kier molecular flexibility index (Phi) is 6.72. The molecule has 1 unspecified atom stereocenters. The Labute approximate surface area is 209 Å². The number of amides is 1. The van der Waals surface area contributed by atoms with E-state index in [2.05, 4.69) is 30.6 Å². The smallest absolute Gasteiger partial charge is 0.475 e. The highest BCUT2D eigenvalue weighted by Gasteiger charge is 2.38. The number of aliphatic carboxylic acids is 1. The first-order chi connectivity index (χ1) is 17.5. The van der Waals surface area contributed by atoms with Gasteiger partial charge in [-0.2, -0.15) is 18.3 Å². The van der Waals surface area contributed by atoms with Crippen molar-refractivity contribution in [3.8, 4) is 11.4 Å². The van der Waals surface area contributed by atoms with Crippen molar-refractivity contribution in [2.24, 2.45) is 0 Å². The average Bonchev–Trinajstić information content (AvgIpc) is 3.58. The molecule has 12 nitrogen and oxygen atoms in total. The third-order valence-electron chi connectivity index (χ3n) is 5.14. The van der Waals surface area contributed by atoms with Crippen LogP contribution in [0.1, 0.15) is 28.9 Å². The number of pyridine rings is 1. The Morgan fingerprint density at radius 3 is 2.68 bits per heavy atom. The van der Waals surface area contributed by atoms with Crippen LogP contribution >= 0.6 is 11.6 Å². The van der Waals surface area contributed by atoms with Gasteiger partial charge in [-0.05, 0) is 25.1 Å². The number of alkyl halides is 3. The lowest BCUT2D eigenvalue weighted by Gasteiger charge is -2.19. The molecular weight excluding hydrogens is 519 g/mol. The molecule has 0 aliphatic heterocycles. The summed E-state index contributed by atoms with van der Waals surface area (Å²) in [6.07, 6.45) is 3.19. The Morgan fingerprint density at radius 1 is 1.30 bits per heavy atom. The lowest BCUT2D eigenvalue weighted by Crippen LogP contribution is -2.28. The van der Waals surface area contributed by atoms with Crippen molar-refractivity contribution in [2.45, 2.75) is 19.1 Å². The minimum Gasteiger partial charge on any atom is -0.475 e. The lowest BCUT2D eigenvalue weighted by atomic mass is 10.0. The lowest BCUT2D eigenvalue weighted by molar-refractivity contribution is -0.192. The molecule has 5 aromatic heterocycles. The standard InChI is InChI=1S/C19H16ClN9O.C2HF3O2/c1-10(25-19(30)15-17(21)27-29-6-2-4-23-18(15)29)11-7-12(20)14-8-22-9-28(14)16(11)13-3-5-24-26-13;3-2(4,5)1(6)7/h2-10H,1H3,(H2,21,27)(H,24,26)(H,25,30);(H,6,7). The van der Waals surface area contributed by atoms with Gasteiger partial charge in [-0.25, -0.2) is 19.3 Å². The molecule has 0 spiro atoms. The van der Waals surface area contributed by atoms with Crippen LogP contribution in [0.15, 0.2) is 49.3 Å². The van der Waals surface area contributed by atoms with Crippen LogP contribution in [0.25, 0.3) is 22.6 Å². The Balaban J connectivity index is 0.000000405. The van der Waals surface area contributed by atoms with E-state index in [0.717, 1.165) is 22.5 Å². The van der Waals surface area contributed by atoms with E-state index in [4.69, 9.17) is 27.2 Å². The van der Waals surface area contributed by atoms with Crippen molar-refractivity contribution in [3.63, 3.8) is 0 Å². The number of rotatable bonds is 4. The van der Waals surface area contributed by atoms with Crippen molar-refractivity contribution in [3.05, 3.63) is 65.5 Å². The number of hydrogen-bond donors (Lipinski definition) is 4. The van der Waals surface area contributed by atoms with Crippen LogP contribution in [0.3, 0.4) is 0 Å². The molecule has 0 aliphatic rings. The molecule has 1 amide bonds. The zero-order valence-electron chi connectivity index (χ0n) is 18.7. The third kappa shape index (κ3) is 5.02. The van der Waals surface area contributed by atoms with E-state index in [1.807, 2.05) is 23.5 Å². The third-order valence-corrected chi connectivity index (χ3v) is 5.44. The molecule has 5 heterocycles. The fraction of sp³-hybridized carbons (Fsp3) is 0.143. The second-order valence-electron chi connectivity index (χ2n) is 7.56. The molecule has 5 rings (SSSR count). The number of fused-ring (bicyclic) bond motifs is 2. The molecular formula is C21H17ClF3N9O3. The number of anilines is 1. The van der Waals surface area contributed by atoms with Crippen LogP contribution in [0.4, 0.5) is 19.0 Å². The van der Waals surface area contributed by atoms with E-state index >= 15 is 0 Å². The fourth-order valence-corrected chi connectivity index (χ4v) is 3.80. The monoisotopic (exact) mass is 535 g/mol. The molecule has 5 N–H and O–H groups in total. The van der Waals surface area contributed by atoms with Crippen molar-refractivity contribution < 1.29 is 27.9 Å². The van der Waals surface area contributed by atoms with Gasteiger partial charge in [0.2, 0.25) is 0 Å². The highest BCUT2D eigenvalue weighted by Crippen LogP contribution is 2.33. The predicted molar refractivity (Wildman–Crippen MR) is 125 cm³/mol. The number of nitrogens with zero attached hydrogens (tertiary/aromatic N) is 6. The molecule has 0 radical (unpaired) electrons. The molecule has 0 saturated carbocycles. The van der Waals surface area contributed by atoms with E-state index in [-0.39, 0.29) is 17.3 Å². The maximum atomic E-state index is 13.1. The van der Waals surface area contributed by atoms with Gasteiger partial charge in [-0.3, -0.25) is 14.3 Å². The summed E-state index contributed by atoms with van der Waals surface area (Å²) in [5, 5.41) is 21.8. The first-order valence-corrected chi connectivity index (χ1v) is 10.7. The summed E-state index contributed by atoms with van der Waals surface area (Å²) in [6, 6.07) is 4.95. The van der Waals surface area contributed by atoms with Gasteiger partial charge in [0, 0.05) is 24.2 Å². The summed E-state index contributed by atoms with van der Waals surface area (Å²) in [5.41, 5.74) is 9.68. The molecule has 0 saturated heterocycles. The van der Waals surface area contributed by atoms with Gasteiger partial charge in [-0.1, -0.05) is 11.6 Å². The first kappa shape index (κ1) is 25.4. The van der Waals surface area contributed by atoms with Crippen LogP contribution < -0.4 is 11.1 Å². The maximum Gasteiger partial charge on any atom is 0.490 e. The zero-order valence-corrected chi connectivity index (χ0v) is 19.5. The molecule has 0 aromatic carbocycles. The number of nitrogens with one attached hydrogen (secondary N) is 2. The molecule has 5 aromatic rings. The number of carbonyl (C=O) groups excluding carboxylic acids is 1. The minimum atomic E-state index is -5.08. The minimum absolute atomic E-state index is 0.107. The van der Waals surface area contributed by atoms with E-state index in [9.17, 15) is 18.0 Å². The largest absolute Gasteiger partial charge is 0.490 e.